The van der Waals surface area contributed by atoms with Gasteiger partial charge in [0.25, 0.3) is 5.17 Å². The zero-order valence-corrected chi connectivity index (χ0v) is 40.5. The number of fused-ring (bicyclic) bond motifs is 6. The number of hydrogen-bond acceptors (Lipinski definition) is 7. The molecular weight excluding hydrogens is 984 g/mol. The molecular formula is C52H45BrCl2N8O4S. The lowest BCUT2D eigenvalue weighted by atomic mass is 9.92. The second-order valence-corrected chi connectivity index (χ2v) is 18.7. The topological polar surface area (TPSA) is 118 Å². The van der Waals surface area contributed by atoms with Crippen LogP contribution in [0, 0.1) is 0 Å². The van der Waals surface area contributed by atoms with Crippen molar-refractivity contribution < 1.29 is 19.0 Å². The molecule has 0 aliphatic carbocycles. The van der Waals surface area contributed by atoms with Gasteiger partial charge in [-0.15, -0.1) is 0 Å². The predicted molar refractivity (Wildman–Crippen MR) is 272 cm³/mol. The number of aromatic amines is 2. The van der Waals surface area contributed by atoms with Crippen molar-refractivity contribution in [2.75, 3.05) is 19.7 Å². The van der Waals surface area contributed by atoms with Gasteiger partial charge in [0.1, 0.15) is 17.5 Å². The first kappa shape index (κ1) is 45.2. The summed E-state index contributed by atoms with van der Waals surface area (Å²) in [6, 6.07) is 37.4. The summed E-state index contributed by atoms with van der Waals surface area (Å²) in [6.07, 6.45) is 12.6. The zero-order valence-electron chi connectivity index (χ0n) is 36.6. The Labute approximate surface area is 416 Å². The van der Waals surface area contributed by atoms with Crippen molar-refractivity contribution in [3.8, 4) is 11.5 Å². The van der Waals surface area contributed by atoms with E-state index in [2.05, 4.69) is 65.0 Å². The fourth-order valence-electron chi connectivity index (χ4n) is 9.08. The number of aromatic nitrogens is 6. The van der Waals surface area contributed by atoms with E-state index in [9.17, 15) is 4.79 Å². The SMILES string of the molecule is O=C(OCn1ccnc1)N1CCc2c([nH]c3ccc(Cl)cc23)C1c1ccc(OCCCn2ccnc2)cc1.S=C(Oc1ccccc1)N1CCc2c([nH]c3ccc(Cl)cc23)C1c1ccc(Br)cc1. The fourth-order valence-corrected chi connectivity index (χ4v) is 9.98. The largest absolute Gasteiger partial charge is 0.494 e. The first-order chi connectivity index (χ1) is 33.3. The summed E-state index contributed by atoms with van der Waals surface area (Å²) in [5.74, 6) is 1.53. The number of para-hydroxylation sites is 1. The maximum Gasteiger partial charge on any atom is 0.412 e. The molecule has 4 aromatic heterocycles. The molecule has 16 heteroatoms. The highest BCUT2D eigenvalue weighted by Crippen LogP contribution is 2.42. The first-order valence-corrected chi connectivity index (χ1v) is 24.2. The Hall–Kier alpha value is -6.58. The molecule has 12 nitrogen and oxygen atoms in total. The van der Waals surface area contributed by atoms with Crippen LogP contribution < -0.4 is 9.47 Å². The van der Waals surface area contributed by atoms with Crippen LogP contribution in [-0.2, 0) is 30.9 Å². The van der Waals surface area contributed by atoms with Crippen molar-refractivity contribution in [1.82, 2.24) is 38.9 Å². The van der Waals surface area contributed by atoms with Gasteiger partial charge in [-0.3, -0.25) is 4.90 Å². The van der Waals surface area contributed by atoms with E-state index in [0.717, 1.165) is 85.9 Å². The Morgan fingerprint density at radius 2 is 1.28 bits per heavy atom. The Morgan fingerprint density at radius 3 is 1.88 bits per heavy atom. The number of halogens is 3. The quantitative estimate of drug-likeness (QED) is 0.103. The van der Waals surface area contributed by atoms with E-state index in [4.69, 9.17) is 49.6 Å². The molecule has 0 fully saturated rings. The number of ether oxygens (including phenoxy) is 3. The van der Waals surface area contributed by atoms with Crippen molar-refractivity contribution in [3.05, 3.63) is 201 Å². The number of imidazole rings is 2. The van der Waals surface area contributed by atoms with Crippen molar-refractivity contribution in [3.63, 3.8) is 0 Å². The van der Waals surface area contributed by atoms with Crippen LogP contribution in [0.25, 0.3) is 21.8 Å². The van der Waals surface area contributed by atoms with Crippen LogP contribution in [0.15, 0.2) is 157 Å². The van der Waals surface area contributed by atoms with Gasteiger partial charge in [-0.25, -0.2) is 14.8 Å². The van der Waals surface area contributed by atoms with E-state index in [-0.39, 0.29) is 24.9 Å². The molecule has 0 radical (unpaired) electrons. The van der Waals surface area contributed by atoms with Crippen LogP contribution in [0.5, 0.6) is 11.5 Å². The lowest BCUT2D eigenvalue weighted by Gasteiger charge is -2.37. The standard InChI is InChI=1S/C28H27ClN6O3.C24H18BrClN2OS/c29-21-4-7-25-24(16-21)23-8-12-35(28(36)38-19-34-14-10-31-18-34)27(26(23)32-25)20-2-5-22(6-3-20)37-15-1-11-33-13-9-30-17-33;25-16-8-6-15(7-9-16)23-22-19(20-14-17(26)10-11-21(20)27-22)12-13-28(23)24(30)29-18-4-2-1-3-5-18/h2-7,9-10,13-14,16-18,27,32H,1,8,11-12,15,19H2;1-11,14,23,27H,12-13H2. The van der Waals surface area contributed by atoms with Crippen LogP contribution in [0.1, 0.15) is 52.1 Å². The van der Waals surface area contributed by atoms with E-state index in [1.807, 2.05) is 102 Å². The predicted octanol–water partition coefficient (Wildman–Crippen LogP) is 12.3. The highest BCUT2D eigenvalue weighted by molar-refractivity contribution is 9.10. The van der Waals surface area contributed by atoms with E-state index >= 15 is 0 Å². The third-order valence-corrected chi connectivity index (χ3v) is 13.6. The average molecular weight is 1030 g/mol. The first-order valence-electron chi connectivity index (χ1n) is 22.2. The normalized spacial score (nSPS) is 15.3. The maximum absolute atomic E-state index is 13.3. The molecule has 2 N–H and O–H groups in total. The van der Waals surface area contributed by atoms with Crippen molar-refractivity contribution in [2.24, 2.45) is 0 Å². The minimum atomic E-state index is -0.383. The minimum absolute atomic E-state index is 0.0655. The van der Waals surface area contributed by atoms with Crippen LogP contribution in [0.4, 0.5) is 4.79 Å². The molecule has 9 aromatic rings. The molecule has 2 unspecified atom stereocenters. The number of carbonyl (C=O) groups excluding carboxylic acids is 1. The molecule has 2 atom stereocenters. The lowest BCUT2D eigenvalue weighted by Crippen LogP contribution is -2.42. The molecule has 11 rings (SSSR count). The number of rotatable bonds is 10. The molecule has 0 saturated carbocycles. The summed E-state index contributed by atoms with van der Waals surface area (Å²) in [4.78, 5) is 32.5. The van der Waals surface area contributed by atoms with Gasteiger partial charge < -0.3 is 38.2 Å². The van der Waals surface area contributed by atoms with Crippen LogP contribution in [-0.4, -0.2) is 69.8 Å². The number of benzene rings is 5. The Balaban J connectivity index is 0.000000163. The molecule has 6 heterocycles. The van der Waals surface area contributed by atoms with Gasteiger partial charge in [-0.2, -0.15) is 0 Å². The lowest BCUT2D eigenvalue weighted by molar-refractivity contribution is 0.0645. The molecule has 5 aromatic carbocycles. The van der Waals surface area contributed by atoms with E-state index < -0.39 is 0 Å². The minimum Gasteiger partial charge on any atom is -0.494 e. The average Bonchev–Trinajstić information content (AvgIpc) is 4.20. The highest BCUT2D eigenvalue weighted by Gasteiger charge is 2.36. The molecule has 1 amide bonds. The Bertz CT molecular complexity index is 3160. The number of amides is 1. The number of carbonyl (C=O) groups is 1. The van der Waals surface area contributed by atoms with E-state index in [1.54, 1.807) is 40.7 Å². The highest BCUT2D eigenvalue weighted by atomic mass is 79.9. The molecule has 2 aliphatic heterocycles. The number of thiocarbonyl (C=S) groups is 1. The number of nitrogens with one attached hydrogen (secondary N) is 2. The zero-order chi connectivity index (χ0) is 46.6. The summed E-state index contributed by atoms with van der Waals surface area (Å²) in [7, 11) is 0. The molecule has 0 spiro atoms. The summed E-state index contributed by atoms with van der Waals surface area (Å²) >= 11 is 21.9. The van der Waals surface area contributed by atoms with Crippen LogP contribution >= 0.6 is 51.3 Å². The van der Waals surface area contributed by atoms with Gasteiger partial charge in [-0.05, 0) is 127 Å². The smallest absolute Gasteiger partial charge is 0.412 e. The summed E-state index contributed by atoms with van der Waals surface area (Å²) in [5.41, 5.74) is 8.77. The summed E-state index contributed by atoms with van der Waals surface area (Å²) in [6.45, 7) is 2.83. The van der Waals surface area contributed by atoms with Gasteiger partial charge in [0.15, 0.2) is 6.73 Å². The second kappa shape index (κ2) is 20.3. The molecule has 0 bridgehead atoms. The van der Waals surface area contributed by atoms with Gasteiger partial charge >= 0.3 is 6.09 Å². The van der Waals surface area contributed by atoms with Gasteiger partial charge in [0.2, 0.25) is 0 Å². The van der Waals surface area contributed by atoms with Crippen molar-refractivity contribution in [1.29, 1.82) is 0 Å². The van der Waals surface area contributed by atoms with Crippen LogP contribution in [0.2, 0.25) is 10.0 Å². The molecule has 344 valence electrons. The number of aryl methyl sites for hydroxylation is 1. The monoisotopic (exact) mass is 1030 g/mol. The van der Waals surface area contributed by atoms with Crippen LogP contribution in [0.3, 0.4) is 0 Å². The number of nitrogens with zero attached hydrogens (tertiary/aromatic N) is 6. The third kappa shape index (κ3) is 9.86. The number of H-pyrrole nitrogens is 2. The molecule has 2 aliphatic rings. The van der Waals surface area contributed by atoms with Crippen molar-refractivity contribution >= 4 is 84.4 Å². The summed E-state index contributed by atoms with van der Waals surface area (Å²) < 4.78 is 22.4. The fraction of sp³-hybridized carbons (Fsp3) is 0.192. The van der Waals surface area contributed by atoms with Crippen molar-refractivity contribution in [2.45, 2.75) is 44.6 Å². The Kier molecular flexibility index (Phi) is 13.5. The maximum atomic E-state index is 13.3. The third-order valence-electron chi connectivity index (χ3n) is 12.3. The second-order valence-electron chi connectivity index (χ2n) is 16.5. The number of hydrogen-bond donors (Lipinski definition) is 2. The molecule has 68 heavy (non-hydrogen) atoms. The van der Waals surface area contributed by atoms with Gasteiger partial charge in [-0.1, -0.05) is 81.6 Å². The van der Waals surface area contributed by atoms with Gasteiger partial charge in [0.05, 0.1) is 25.3 Å². The van der Waals surface area contributed by atoms with E-state index in [1.165, 1.54) is 16.5 Å². The summed E-state index contributed by atoms with van der Waals surface area (Å²) in [5, 5.41) is 4.16. The van der Waals surface area contributed by atoms with E-state index in [0.29, 0.717) is 29.8 Å². The Morgan fingerprint density at radius 1 is 0.706 bits per heavy atom. The molecule has 0 saturated heterocycles. The van der Waals surface area contributed by atoms with Gasteiger partial charge in [0, 0.05) is 92.1 Å².